The number of hydrogen-bond acceptors (Lipinski definition) is 4. The molecule has 9 heteroatoms. The molecule has 2 aromatic rings. The van der Waals surface area contributed by atoms with Crippen molar-refractivity contribution in [1.82, 2.24) is 9.78 Å². The molecule has 0 radical (unpaired) electrons. The predicted octanol–water partition coefficient (Wildman–Crippen LogP) is 5.28. The topological polar surface area (TPSA) is 96.7 Å². The Balaban J connectivity index is 0.00000155. The van der Waals surface area contributed by atoms with E-state index < -0.39 is 18.0 Å². The van der Waals surface area contributed by atoms with E-state index in [9.17, 15) is 18.0 Å². The van der Waals surface area contributed by atoms with E-state index in [0.29, 0.717) is 17.4 Å². The molecule has 3 rings (SSSR count). The number of nitrogens with one attached hydrogen (secondary N) is 1. The highest BCUT2D eigenvalue weighted by atomic mass is 19.4. The third-order valence-electron chi connectivity index (χ3n) is 5.52. The molecule has 0 saturated heterocycles. The van der Waals surface area contributed by atoms with Crippen molar-refractivity contribution in [3.8, 4) is 6.57 Å². The molecule has 1 aromatic carbocycles. The second-order valence-corrected chi connectivity index (χ2v) is 7.66. The Morgan fingerprint density at radius 1 is 1.23 bits per heavy atom. The molecular formula is C21H26F3N5O. The van der Waals surface area contributed by atoms with Gasteiger partial charge in [-0.3, -0.25) is 9.48 Å². The first-order chi connectivity index (χ1) is 14.1. The molecule has 1 amide bonds. The van der Waals surface area contributed by atoms with Crippen molar-refractivity contribution in [2.75, 3.05) is 5.32 Å². The summed E-state index contributed by atoms with van der Waals surface area (Å²) >= 11 is 0. The molecule has 3 N–H and O–H groups in total. The van der Waals surface area contributed by atoms with Gasteiger partial charge >= 0.3 is 6.18 Å². The van der Waals surface area contributed by atoms with Crippen molar-refractivity contribution in [2.45, 2.75) is 57.7 Å². The Hall–Kier alpha value is -3.02. The van der Waals surface area contributed by atoms with Crippen LogP contribution in [0.5, 0.6) is 0 Å². The second-order valence-electron chi connectivity index (χ2n) is 7.66. The van der Waals surface area contributed by atoms with Crippen LogP contribution >= 0.6 is 0 Å². The van der Waals surface area contributed by atoms with Gasteiger partial charge in [0.1, 0.15) is 5.56 Å². The van der Waals surface area contributed by atoms with E-state index in [0.717, 1.165) is 32.6 Å². The van der Waals surface area contributed by atoms with Gasteiger partial charge < -0.3 is 11.1 Å². The lowest BCUT2D eigenvalue weighted by atomic mass is 9.87. The Morgan fingerprint density at radius 3 is 2.30 bits per heavy atom. The highest BCUT2D eigenvalue weighted by Crippen LogP contribution is 2.35. The second kappa shape index (κ2) is 9.65. The average molecular weight is 421 g/mol. The summed E-state index contributed by atoms with van der Waals surface area (Å²) in [7, 11) is 0. The summed E-state index contributed by atoms with van der Waals surface area (Å²) < 4.78 is 40.3. The van der Waals surface area contributed by atoms with E-state index in [4.69, 9.17) is 11.0 Å². The van der Waals surface area contributed by atoms with Gasteiger partial charge in [0.2, 0.25) is 0 Å². The number of anilines is 2. The van der Waals surface area contributed by atoms with Crippen molar-refractivity contribution < 1.29 is 18.0 Å². The molecule has 1 aliphatic carbocycles. The zero-order valence-corrected chi connectivity index (χ0v) is 17.0. The molecule has 0 bridgehead atoms. The summed E-state index contributed by atoms with van der Waals surface area (Å²) in [5.41, 5.74) is 6.48. The normalized spacial score (nSPS) is 20.0. The fourth-order valence-corrected chi connectivity index (χ4v) is 3.54. The van der Waals surface area contributed by atoms with Gasteiger partial charge in [-0.15, -0.1) is 0 Å². The zero-order valence-electron chi connectivity index (χ0n) is 17.0. The maximum Gasteiger partial charge on any atom is 0.395 e. The van der Waals surface area contributed by atoms with Gasteiger partial charge in [0.25, 0.3) is 5.91 Å². The quantitative estimate of drug-likeness (QED) is 0.686. The largest absolute Gasteiger partial charge is 0.395 e. The van der Waals surface area contributed by atoms with Gasteiger partial charge in [-0.05, 0) is 56.2 Å². The van der Waals surface area contributed by atoms with Crippen LogP contribution in [0.15, 0.2) is 30.5 Å². The van der Waals surface area contributed by atoms with Crippen LogP contribution in [-0.4, -0.2) is 21.9 Å². The molecule has 1 saturated carbocycles. The monoisotopic (exact) mass is 421 g/mol. The average Bonchev–Trinajstić information content (AvgIpc) is 3.13. The van der Waals surface area contributed by atoms with Crippen LogP contribution in [0, 0.1) is 17.8 Å². The molecular weight excluding hydrogens is 395 g/mol. The van der Waals surface area contributed by atoms with Gasteiger partial charge in [0.05, 0.1) is 12.0 Å². The van der Waals surface area contributed by atoms with Gasteiger partial charge in [-0.2, -0.15) is 18.3 Å². The van der Waals surface area contributed by atoms with Crippen LogP contribution in [0.1, 0.15) is 67.4 Å². The van der Waals surface area contributed by atoms with Crippen molar-refractivity contribution in [2.24, 2.45) is 11.7 Å². The van der Waals surface area contributed by atoms with Gasteiger partial charge in [-0.25, -0.2) is 5.26 Å². The van der Waals surface area contributed by atoms with E-state index in [1.807, 2.05) is 0 Å². The first-order valence-electron chi connectivity index (χ1n) is 9.73. The standard InChI is InChI=1S/C20H25F3N4O.CHN/c1-12-3-9-16(10-4-12)27-11-17(18(24)28)19(26-27)25-15-7-5-14(6-8-15)13(2)20(21,22)23;1-2/h5-8,11-13,16H,3-4,9-10H2,1-2H3,(H2,24,28)(H,25,26);1H. The van der Waals surface area contributed by atoms with Crippen molar-refractivity contribution >= 4 is 17.4 Å². The van der Waals surface area contributed by atoms with Crippen molar-refractivity contribution in [1.29, 1.82) is 5.26 Å². The number of nitrogens with zero attached hydrogens (tertiary/aromatic N) is 3. The maximum atomic E-state index is 12.8. The van der Waals surface area contributed by atoms with E-state index in [2.05, 4.69) is 23.9 Å². The van der Waals surface area contributed by atoms with E-state index in [1.54, 1.807) is 23.0 Å². The minimum Gasteiger partial charge on any atom is -0.365 e. The molecule has 1 unspecified atom stereocenters. The number of carbonyl (C=O) groups excluding carboxylic acids is 1. The highest BCUT2D eigenvalue weighted by molar-refractivity contribution is 5.98. The summed E-state index contributed by atoms with van der Waals surface area (Å²) in [6, 6.07) is 6.15. The number of rotatable bonds is 5. The number of alkyl halides is 3. The molecule has 1 atom stereocenters. The summed E-state index contributed by atoms with van der Waals surface area (Å²) in [5, 5.41) is 14.0. The third kappa shape index (κ3) is 5.53. The van der Waals surface area contributed by atoms with E-state index >= 15 is 0 Å². The minimum atomic E-state index is -4.29. The molecule has 30 heavy (non-hydrogen) atoms. The van der Waals surface area contributed by atoms with E-state index in [1.165, 1.54) is 12.1 Å². The summed E-state index contributed by atoms with van der Waals surface area (Å²) in [6.07, 6.45) is 1.57. The number of halogens is 3. The van der Waals surface area contributed by atoms with Crippen molar-refractivity contribution in [3.05, 3.63) is 41.6 Å². The lowest BCUT2D eigenvalue weighted by molar-refractivity contribution is -0.146. The third-order valence-corrected chi connectivity index (χ3v) is 5.52. The molecule has 0 spiro atoms. The Kier molecular flexibility index (Phi) is 7.48. The number of nitriles is 1. The van der Waals surface area contributed by atoms with Crippen LogP contribution < -0.4 is 11.1 Å². The molecule has 1 aromatic heterocycles. The van der Waals surface area contributed by atoms with Crippen LogP contribution in [-0.2, 0) is 0 Å². The summed E-state index contributed by atoms with van der Waals surface area (Å²) in [6.45, 7) is 6.85. The van der Waals surface area contributed by atoms with Crippen LogP contribution in [0.3, 0.4) is 0 Å². The van der Waals surface area contributed by atoms with Crippen LogP contribution in [0.4, 0.5) is 24.7 Å². The molecule has 0 aliphatic heterocycles. The Labute approximate surface area is 173 Å². The first-order valence-corrected chi connectivity index (χ1v) is 9.73. The fraction of sp³-hybridized carbons (Fsp3) is 0.476. The fourth-order valence-electron chi connectivity index (χ4n) is 3.54. The number of benzene rings is 1. The smallest absolute Gasteiger partial charge is 0.365 e. The maximum absolute atomic E-state index is 12.8. The number of aromatic nitrogens is 2. The van der Waals surface area contributed by atoms with Gasteiger partial charge in [0.15, 0.2) is 5.82 Å². The van der Waals surface area contributed by atoms with Crippen LogP contribution in [0.25, 0.3) is 0 Å². The van der Waals surface area contributed by atoms with Crippen LogP contribution in [0.2, 0.25) is 0 Å². The zero-order chi connectivity index (χ0) is 22.5. The first kappa shape index (κ1) is 23.3. The molecule has 1 fully saturated rings. The number of primary amides is 1. The lowest BCUT2D eigenvalue weighted by Gasteiger charge is -2.26. The number of nitrogens with two attached hydrogens (primary N) is 1. The lowest BCUT2D eigenvalue weighted by Crippen LogP contribution is -2.17. The number of amides is 1. The van der Waals surface area contributed by atoms with Gasteiger partial charge in [0, 0.05) is 18.5 Å². The minimum absolute atomic E-state index is 0.176. The highest BCUT2D eigenvalue weighted by Gasteiger charge is 2.36. The van der Waals surface area contributed by atoms with E-state index in [-0.39, 0.29) is 17.2 Å². The molecule has 1 aliphatic rings. The van der Waals surface area contributed by atoms with Gasteiger partial charge in [-0.1, -0.05) is 19.1 Å². The summed E-state index contributed by atoms with van der Waals surface area (Å²) in [5.74, 6) is -1.13. The predicted molar refractivity (Wildman–Crippen MR) is 108 cm³/mol. The number of hydrogen-bond donors (Lipinski definition) is 2. The molecule has 1 heterocycles. The molecule has 162 valence electrons. The van der Waals surface area contributed by atoms with Crippen molar-refractivity contribution in [3.63, 3.8) is 0 Å². The number of carbonyl (C=O) groups is 1. The summed E-state index contributed by atoms with van der Waals surface area (Å²) in [4.78, 5) is 11.8. The molecule has 6 nitrogen and oxygen atoms in total. The Morgan fingerprint density at radius 2 is 1.80 bits per heavy atom. The SMILES string of the molecule is C#N.CC1CCC(n2cc(C(N)=O)c(Nc3ccc(C(C)C(F)(F)F)cc3)n2)CC1. The Bertz CT molecular complexity index is 865.